The quantitative estimate of drug-likeness (QED) is 0.510. The van der Waals surface area contributed by atoms with Gasteiger partial charge in [0, 0.05) is 6.42 Å². The van der Waals surface area contributed by atoms with E-state index in [1.54, 1.807) is 0 Å². The summed E-state index contributed by atoms with van der Waals surface area (Å²) in [4.78, 5) is 11.0. The standard InChI is InChI=1S/C7H12O5/c1-11-6(9)7(10)2-5(3-8)12-4-7/h5,8,10H,2-4H2,1H3/t5-,7+/m0/s1. The van der Waals surface area contributed by atoms with E-state index in [0.29, 0.717) is 0 Å². The number of methoxy groups -OCH3 is 1. The highest BCUT2D eigenvalue weighted by molar-refractivity contribution is 5.79. The van der Waals surface area contributed by atoms with Crippen molar-refractivity contribution in [3.05, 3.63) is 0 Å². The Morgan fingerprint density at radius 3 is 2.92 bits per heavy atom. The van der Waals surface area contributed by atoms with Gasteiger partial charge < -0.3 is 19.7 Å². The van der Waals surface area contributed by atoms with E-state index in [0.717, 1.165) is 0 Å². The lowest BCUT2D eigenvalue weighted by Gasteiger charge is -2.16. The average Bonchev–Trinajstić information content (AvgIpc) is 2.47. The number of carbonyl (C=O) groups is 1. The fraction of sp³-hybridized carbons (Fsp3) is 0.857. The first kappa shape index (κ1) is 9.44. The molecule has 2 atom stereocenters. The second kappa shape index (κ2) is 3.38. The van der Waals surface area contributed by atoms with Crippen molar-refractivity contribution < 1.29 is 24.5 Å². The van der Waals surface area contributed by atoms with Crippen LogP contribution in [0.5, 0.6) is 0 Å². The number of ether oxygens (including phenoxy) is 2. The number of esters is 1. The van der Waals surface area contributed by atoms with E-state index in [1.165, 1.54) is 7.11 Å². The Morgan fingerprint density at radius 2 is 2.50 bits per heavy atom. The number of aliphatic hydroxyl groups excluding tert-OH is 1. The predicted molar refractivity (Wildman–Crippen MR) is 38.4 cm³/mol. The van der Waals surface area contributed by atoms with E-state index in [2.05, 4.69) is 4.74 Å². The van der Waals surface area contributed by atoms with Gasteiger partial charge in [0.1, 0.15) is 0 Å². The molecule has 0 aromatic rings. The molecular weight excluding hydrogens is 164 g/mol. The summed E-state index contributed by atoms with van der Waals surface area (Å²) in [6, 6.07) is 0. The molecule has 1 rings (SSSR count). The van der Waals surface area contributed by atoms with Crippen LogP contribution < -0.4 is 0 Å². The lowest BCUT2D eigenvalue weighted by molar-refractivity contribution is -0.161. The second-order valence-corrected chi connectivity index (χ2v) is 2.84. The normalized spacial score (nSPS) is 35.1. The lowest BCUT2D eigenvalue weighted by Crippen LogP contribution is -2.40. The van der Waals surface area contributed by atoms with Crippen molar-refractivity contribution in [2.45, 2.75) is 18.1 Å². The Kier molecular flexibility index (Phi) is 2.66. The van der Waals surface area contributed by atoms with Crippen LogP contribution in [0, 0.1) is 0 Å². The summed E-state index contributed by atoms with van der Waals surface area (Å²) in [7, 11) is 1.20. The molecular formula is C7H12O5. The van der Waals surface area contributed by atoms with E-state index < -0.39 is 17.7 Å². The van der Waals surface area contributed by atoms with Crippen LogP contribution >= 0.6 is 0 Å². The highest BCUT2D eigenvalue weighted by Crippen LogP contribution is 2.24. The third-order valence-electron chi connectivity index (χ3n) is 1.89. The Balaban J connectivity index is 2.57. The minimum atomic E-state index is -1.57. The van der Waals surface area contributed by atoms with Crippen LogP contribution in [-0.4, -0.2) is 48.2 Å². The van der Waals surface area contributed by atoms with Crippen molar-refractivity contribution in [3.63, 3.8) is 0 Å². The first-order valence-corrected chi connectivity index (χ1v) is 3.65. The molecule has 0 bridgehead atoms. The van der Waals surface area contributed by atoms with Crippen molar-refractivity contribution in [1.29, 1.82) is 0 Å². The van der Waals surface area contributed by atoms with Crippen LogP contribution in [-0.2, 0) is 14.3 Å². The van der Waals surface area contributed by atoms with Gasteiger partial charge in [-0.2, -0.15) is 0 Å². The molecule has 5 heteroatoms. The van der Waals surface area contributed by atoms with E-state index >= 15 is 0 Å². The monoisotopic (exact) mass is 176 g/mol. The van der Waals surface area contributed by atoms with Crippen LogP contribution in [0.15, 0.2) is 0 Å². The van der Waals surface area contributed by atoms with Gasteiger partial charge in [0.2, 0.25) is 0 Å². The first-order chi connectivity index (χ1) is 5.62. The van der Waals surface area contributed by atoms with Crippen molar-refractivity contribution in [3.8, 4) is 0 Å². The molecule has 1 aliphatic heterocycles. The molecule has 0 radical (unpaired) electrons. The topological polar surface area (TPSA) is 76.0 Å². The fourth-order valence-corrected chi connectivity index (χ4v) is 1.20. The third-order valence-corrected chi connectivity index (χ3v) is 1.89. The minimum absolute atomic E-state index is 0.0934. The predicted octanol–water partition coefficient (Wildman–Crippen LogP) is -1.33. The molecule has 0 aromatic heterocycles. The SMILES string of the molecule is COC(=O)[C@]1(O)CO[C@H](CO)C1. The molecule has 5 nitrogen and oxygen atoms in total. The second-order valence-electron chi connectivity index (χ2n) is 2.84. The largest absolute Gasteiger partial charge is 0.467 e. The highest BCUT2D eigenvalue weighted by Gasteiger charge is 2.45. The maximum absolute atomic E-state index is 11.0. The Labute approximate surface area is 69.9 Å². The van der Waals surface area contributed by atoms with Gasteiger partial charge in [0.05, 0.1) is 26.4 Å². The molecule has 0 saturated carbocycles. The molecule has 0 spiro atoms. The van der Waals surface area contributed by atoms with E-state index in [9.17, 15) is 9.90 Å². The number of rotatable bonds is 2. The molecule has 2 N–H and O–H groups in total. The van der Waals surface area contributed by atoms with Crippen LogP contribution in [0.3, 0.4) is 0 Å². The highest BCUT2D eigenvalue weighted by atomic mass is 16.6. The number of hydrogen-bond acceptors (Lipinski definition) is 5. The summed E-state index contributed by atoms with van der Waals surface area (Å²) in [6.07, 6.45) is -0.370. The molecule has 0 unspecified atom stereocenters. The zero-order chi connectivity index (χ0) is 9.19. The van der Waals surface area contributed by atoms with Gasteiger partial charge >= 0.3 is 5.97 Å². The van der Waals surface area contributed by atoms with Crippen LogP contribution in [0.25, 0.3) is 0 Å². The Hall–Kier alpha value is -0.650. The third kappa shape index (κ3) is 1.57. The smallest absolute Gasteiger partial charge is 0.340 e. The van der Waals surface area contributed by atoms with Crippen molar-refractivity contribution >= 4 is 5.97 Å². The molecule has 0 aromatic carbocycles. The molecule has 1 aliphatic rings. The summed E-state index contributed by atoms with van der Waals surface area (Å²) >= 11 is 0. The van der Waals surface area contributed by atoms with Gasteiger partial charge in [-0.05, 0) is 0 Å². The van der Waals surface area contributed by atoms with Crippen molar-refractivity contribution in [1.82, 2.24) is 0 Å². The molecule has 1 heterocycles. The summed E-state index contributed by atoms with van der Waals surface area (Å²) in [5, 5.41) is 18.2. The average molecular weight is 176 g/mol. The number of carbonyl (C=O) groups excluding carboxylic acids is 1. The Bertz CT molecular complexity index is 181. The van der Waals surface area contributed by atoms with Gasteiger partial charge in [-0.3, -0.25) is 0 Å². The summed E-state index contributed by atoms with van der Waals surface area (Å²) in [5.41, 5.74) is -1.57. The maximum Gasteiger partial charge on any atom is 0.340 e. The van der Waals surface area contributed by atoms with E-state index in [-0.39, 0.29) is 19.6 Å². The van der Waals surface area contributed by atoms with Crippen LogP contribution in [0.4, 0.5) is 0 Å². The van der Waals surface area contributed by atoms with Crippen molar-refractivity contribution in [2.75, 3.05) is 20.3 Å². The molecule has 1 fully saturated rings. The first-order valence-electron chi connectivity index (χ1n) is 3.65. The lowest BCUT2D eigenvalue weighted by atomic mass is 10.0. The Morgan fingerprint density at radius 1 is 1.83 bits per heavy atom. The number of hydrogen-bond donors (Lipinski definition) is 2. The summed E-state index contributed by atoms with van der Waals surface area (Å²) in [5.74, 6) is -0.710. The summed E-state index contributed by atoms with van der Waals surface area (Å²) in [6.45, 7) is -0.301. The summed E-state index contributed by atoms with van der Waals surface area (Å²) < 4.78 is 9.32. The van der Waals surface area contributed by atoms with E-state index in [4.69, 9.17) is 9.84 Å². The maximum atomic E-state index is 11.0. The van der Waals surface area contributed by atoms with Gasteiger partial charge in [0.15, 0.2) is 5.60 Å². The zero-order valence-corrected chi connectivity index (χ0v) is 6.82. The minimum Gasteiger partial charge on any atom is -0.467 e. The van der Waals surface area contributed by atoms with E-state index in [1.807, 2.05) is 0 Å². The zero-order valence-electron chi connectivity index (χ0n) is 6.82. The van der Waals surface area contributed by atoms with Crippen LogP contribution in [0.2, 0.25) is 0 Å². The van der Waals surface area contributed by atoms with Gasteiger partial charge in [-0.15, -0.1) is 0 Å². The molecule has 0 aliphatic carbocycles. The van der Waals surface area contributed by atoms with Gasteiger partial charge in [-0.1, -0.05) is 0 Å². The van der Waals surface area contributed by atoms with Gasteiger partial charge in [0.25, 0.3) is 0 Å². The molecule has 0 amide bonds. The molecule has 12 heavy (non-hydrogen) atoms. The van der Waals surface area contributed by atoms with Crippen LogP contribution in [0.1, 0.15) is 6.42 Å². The fourth-order valence-electron chi connectivity index (χ4n) is 1.20. The molecule has 1 saturated heterocycles. The molecule has 70 valence electrons. The van der Waals surface area contributed by atoms with Crippen molar-refractivity contribution in [2.24, 2.45) is 0 Å². The van der Waals surface area contributed by atoms with Gasteiger partial charge in [-0.25, -0.2) is 4.79 Å². The number of aliphatic hydroxyl groups is 2.